The van der Waals surface area contributed by atoms with Crippen molar-refractivity contribution < 1.29 is 4.79 Å². The number of nitrogens with two attached hydrogens (primary N) is 1. The lowest BCUT2D eigenvalue weighted by Crippen LogP contribution is -2.32. The molecule has 0 atom stereocenters. The van der Waals surface area contributed by atoms with E-state index in [1.54, 1.807) is 19.4 Å². The molecule has 4 heteroatoms. The molecule has 1 rings (SSSR count). The molecule has 1 amide bonds. The Morgan fingerprint density at radius 2 is 2.07 bits per heavy atom. The van der Waals surface area contributed by atoms with E-state index in [1.807, 2.05) is 12.1 Å². The molecule has 82 valence electrons. The summed E-state index contributed by atoms with van der Waals surface area (Å²) in [5.41, 5.74) is 1.26. The molecule has 1 aromatic heterocycles. The number of hydrogen-bond acceptors (Lipinski definition) is 3. The van der Waals surface area contributed by atoms with Crippen LogP contribution in [0.15, 0.2) is 24.5 Å². The van der Waals surface area contributed by atoms with Crippen LogP contribution in [0.1, 0.15) is 24.8 Å². The number of carbonyl (C=O) groups excluding carboxylic acids is 1. The Labute approximate surface area is 90.1 Å². The molecular formula is C11H17N3O. The summed E-state index contributed by atoms with van der Waals surface area (Å²) in [6.45, 7) is 0. The number of carbonyl (C=O) groups is 1. The molecule has 2 N–H and O–H groups in total. The molecule has 0 fully saturated rings. The number of hydrazine groups is 1. The summed E-state index contributed by atoms with van der Waals surface area (Å²) >= 11 is 0. The number of rotatable bonds is 5. The molecule has 0 aliphatic heterocycles. The second-order valence-electron chi connectivity index (χ2n) is 3.57. The van der Waals surface area contributed by atoms with Gasteiger partial charge in [-0.25, -0.2) is 5.84 Å². The molecule has 0 bridgehead atoms. The topological polar surface area (TPSA) is 59.2 Å². The van der Waals surface area contributed by atoms with Crippen LogP contribution in [0.25, 0.3) is 0 Å². The number of unbranched alkanes of at least 4 members (excludes halogenated alkanes) is 1. The van der Waals surface area contributed by atoms with Gasteiger partial charge in [-0.1, -0.05) is 0 Å². The predicted molar refractivity (Wildman–Crippen MR) is 58.7 cm³/mol. The zero-order valence-electron chi connectivity index (χ0n) is 9.02. The van der Waals surface area contributed by atoms with E-state index in [0.29, 0.717) is 6.42 Å². The molecule has 1 heterocycles. The minimum Gasteiger partial charge on any atom is -0.284 e. The van der Waals surface area contributed by atoms with Crippen LogP contribution in [0.3, 0.4) is 0 Å². The van der Waals surface area contributed by atoms with Crippen LogP contribution in [0.4, 0.5) is 0 Å². The highest BCUT2D eigenvalue weighted by molar-refractivity contribution is 5.75. The molecule has 0 aliphatic rings. The maximum Gasteiger partial charge on any atom is 0.236 e. The van der Waals surface area contributed by atoms with Crippen molar-refractivity contribution in [2.24, 2.45) is 5.84 Å². The third-order valence-corrected chi connectivity index (χ3v) is 2.25. The first kappa shape index (κ1) is 11.7. The fraction of sp³-hybridized carbons (Fsp3) is 0.455. The third-order valence-electron chi connectivity index (χ3n) is 2.25. The summed E-state index contributed by atoms with van der Waals surface area (Å²) in [5.74, 6) is 5.30. The summed E-state index contributed by atoms with van der Waals surface area (Å²) in [4.78, 5) is 15.1. The molecule has 0 radical (unpaired) electrons. The number of aryl methyl sites for hydroxylation is 1. The highest BCUT2D eigenvalue weighted by Crippen LogP contribution is 2.05. The van der Waals surface area contributed by atoms with Crippen molar-refractivity contribution in [2.45, 2.75) is 25.7 Å². The molecule has 15 heavy (non-hydrogen) atoms. The monoisotopic (exact) mass is 207 g/mol. The van der Waals surface area contributed by atoms with Gasteiger partial charge in [0, 0.05) is 25.9 Å². The van der Waals surface area contributed by atoms with E-state index < -0.39 is 0 Å². The molecule has 0 aromatic carbocycles. The Bertz CT molecular complexity index is 298. The van der Waals surface area contributed by atoms with Crippen molar-refractivity contribution in [1.29, 1.82) is 0 Å². The van der Waals surface area contributed by atoms with Gasteiger partial charge < -0.3 is 0 Å². The van der Waals surface area contributed by atoms with Gasteiger partial charge >= 0.3 is 0 Å². The van der Waals surface area contributed by atoms with Crippen molar-refractivity contribution in [3.05, 3.63) is 30.1 Å². The molecule has 0 unspecified atom stereocenters. The van der Waals surface area contributed by atoms with Crippen molar-refractivity contribution in [3.8, 4) is 0 Å². The van der Waals surface area contributed by atoms with E-state index in [9.17, 15) is 4.79 Å². The van der Waals surface area contributed by atoms with E-state index in [1.165, 1.54) is 5.56 Å². The molecule has 0 aliphatic carbocycles. The highest BCUT2D eigenvalue weighted by Gasteiger charge is 2.03. The Morgan fingerprint density at radius 3 is 2.67 bits per heavy atom. The average Bonchev–Trinajstić information content (AvgIpc) is 2.25. The van der Waals surface area contributed by atoms with Crippen LogP contribution in [0.5, 0.6) is 0 Å². The molecule has 4 nitrogen and oxygen atoms in total. The summed E-state index contributed by atoms with van der Waals surface area (Å²) < 4.78 is 0. The van der Waals surface area contributed by atoms with Gasteiger partial charge in [0.2, 0.25) is 5.91 Å². The Balaban J connectivity index is 2.15. The predicted octanol–water partition coefficient (Wildman–Crippen LogP) is 1.13. The quantitative estimate of drug-likeness (QED) is 0.341. The van der Waals surface area contributed by atoms with Crippen molar-refractivity contribution >= 4 is 5.91 Å². The van der Waals surface area contributed by atoms with Gasteiger partial charge in [-0.3, -0.25) is 14.8 Å². The number of pyridine rings is 1. The van der Waals surface area contributed by atoms with Crippen LogP contribution in [-0.2, 0) is 11.2 Å². The van der Waals surface area contributed by atoms with E-state index >= 15 is 0 Å². The molecule has 0 saturated heterocycles. The summed E-state index contributed by atoms with van der Waals surface area (Å²) in [6.07, 6.45) is 6.97. The SMILES string of the molecule is CN(N)C(=O)CCCCc1ccncc1. The lowest BCUT2D eigenvalue weighted by molar-refractivity contribution is -0.130. The van der Waals surface area contributed by atoms with Gasteiger partial charge in [-0.15, -0.1) is 0 Å². The van der Waals surface area contributed by atoms with Crippen LogP contribution < -0.4 is 5.84 Å². The first-order valence-corrected chi connectivity index (χ1v) is 5.10. The van der Waals surface area contributed by atoms with Gasteiger partial charge in [0.05, 0.1) is 0 Å². The minimum absolute atomic E-state index is 0.00951. The number of aromatic nitrogens is 1. The van der Waals surface area contributed by atoms with Gasteiger partial charge in [0.25, 0.3) is 0 Å². The minimum atomic E-state index is -0.00951. The van der Waals surface area contributed by atoms with Crippen molar-refractivity contribution in [1.82, 2.24) is 9.99 Å². The maximum absolute atomic E-state index is 11.1. The first-order valence-electron chi connectivity index (χ1n) is 5.10. The van der Waals surface area contributed by atoms with Gasteiger partial charge in [0.1, 0.15) is 0 Å². The lowest BCUT2D eigenvalue weighted by Gasteiger charge is -2.09. The zero-order valence-corrected chi connectivity index (χ0v) is 9.02. The highest BCUT2D eigenvalue weighted by atomic mass is 16.2. The lowest BCUT2D eigenvalue weighted by atomic mass is 10.1. The second-order valence-corrected chi connectivity index (χ2v) is 3.57. The van der Waals surface area contributed by atoms with E-state index in [-0.39, 0.29) is 5.91 Å². The smallest absolute Gasteiger partial charge is 0.236 e. The van der Waals surface area contributed by atoms with Gasteiger partial charge in [0.15, 0.2) is 0 Å². The van der Waals surface area contributed by atoms with Crippen molar-refractivity contribution in [3.63, 3.8) is 0 Å². The summed E-state index contributed by atoms with van der Waals surface area (Å²) in [6, 6.07) is 3.99. The average molecular weight is 207 g/mol. The van der Waals surface area contributed by atoms with E-state index in [0.717, 1.165) is 24.3 Å². The van der Waals surface area contributed by atoms with Gasteiger partial charge in [-0.2, -0.15) is 0 Å². The zero-order chi connectivity index (χ0) is 11.1. The standard InChI is InChI=1S/C11H17N3O/c1-14(12)11(15)5-3-2-4-10-6-8-13-9-7-10/h6-9H,2-5,12H2,1H3. The number of amides is 1. The maximum atomic E-state index is 11.1. The van der Waals surface area contributed by atoms with Crippen molar-refractivity contribution in [2.75, 3.05) is 7.05 Å². The normalized spacial score (nSPS) is 10.0. The van der Waals surface area contributed by atoms with E-state index in [4.69, 9.17) is 5.84 Å². The largest absolute Gasteiger partial charge is 0.284 e. The molecular weight excluding hydrogens is 190 g/mol. The van der Waals surface area contributed by atoms with Crippen LogP contribution >= 0.6 is 0 Å². The number of hydrogen-bond donors (Lipinski definition) is 1. The Kier molecular flexibility index (Phi) is 4.77. The molecule has 0 spiro atoms. The molecule has 1 aromatic rings. The van der Waals surface area contributed by atoms with Gasteiger partial charge in [-0.05, 0) is 37.0 Å². The fourth-order valence-electron chi connectivity index (χ4n) is 1.33. The fourth-order valence-corrected chi connectivity index (χ4v) is 1.33. The van der Waals surface area contributed by atoms with Crippen LogP contribution in [0, 0.1) is 0 Å². The van der Waals surface area contributed by atoms with Crippen LogP contribution in [0.2, 0.25) is 0 Å². The summed E-state index contributed by atoms with van der Waals surface area (Å²) in [5, 5.41) is 1.15. The van der Waals surface area contributed by atoms with Crippen LogP contribution in [-0.4, -0.2) is 22.9 Å². The second kappa shape index (κ2) is 6.14. The Hall–Kier alpha value is -1.42. The molecule has 0 saturated carbocycles. The summed E-state index contributed by atoms with van der Waals surface area (Å²) in [7, 11) is 1.57. The Morgan fingerprint density at radius 1 is 1.40 bits per heavy atom. The third kappa shape index (κ3) is 4.56. The number of nitrogens with zero attached hydrogens (tertiary/aromatic N) is 2. The van der Waals surface area contributed by atoms with E-state index in [2.05, 4.69) is 4.98 Å². The first-order chi connectivity index (χ1) is 7.20.